The first-order valence-corrected chi connectivity index (χ1v) is 10.3. The summed E-state index contributed by atoms with van der Waals surface area (Å²) < 4.78 is 21.2. The molecule has 0 spiro atoms. The first kappa shape index (κ1) is 21.3. The van der Waals surface area contributed by atoms with Gasteiger partial charge in [0.15, 0.2) is 0 Å². The third-order valence-electron chi connectivity index (χ3n) is 5.06. The number of benzene rings is 1. The summed E-state index contributed by atoms with van der Waals surface area (Å²) in [6.45, 7) is 1.42. The average molecular weight is 450 g/mol. The van der Waals surface area contributed by atoms with E-state index >= 15 is 0 Å². The fraction of sp³-hybridized carbons (Fsp3) is 0.421. The van der Waals surface area contributed by atoms with Crippen molar-refractivity contribution in [3.63, 3.8) is 0 Å². The van der Waals surface area contributed by atoms with Gasteiger partial charge in [-0.2, -0.15) is 0 Å². The van der Waals surface area contributed by atoms with Crippen LogP contribution in [-0.4, -0.2) is 58.7 Å². The molecule has 1 amide bonds. The van der Waals surface area contributed by atoms with Crippen LogP contribution in [0.25, 0.3) is 0 Å². The molecule has 0 bridgehead atoms. The number of carbonyl (C=O) groups excluding carboxylic acids is 3. The Morgan fingerprint density at radius 1 is 1.35 bits per heavy atom. The lowest BCUT2D eigenvalue weighted by Gasteiger charge is -2.46. The van der Waals surface area contributed by atoms with Gasteiger partial charge in [-0.05, 0) is 17.7 Å². The first-order valence-electron chi connectivity index (χ1n) is 9.32. The van der Waals surface area contributed by atoms with Crippen LogP contribution < -0.4 is 0 Å². The van der Waals surface area contributed by atoms with Crippen molar-refractivity contribution >= 4 is 35.3 Å². The van der Waals surface area contributed by atoms with E-state index in [1.165, 1.54) is 53.3 Å². The summed E-state index contributed by atoms with van der Waals surface area (Å²) in [4.78, 5) is 48.4. The van der Waals surface area contributed by atoms with Crippen LogP contribution in [-0.2, 0) is 39.9 Å². The SMILES string of the molecule is CC(=O)OC(C1COCO1)[C@H]1C(=O)N2C(C(=O)OCc3ccc([N+](=O)[O-])cc3)=CS[C@H]12. The number of hydrogen-bond acceptors (Lipinski definition) is 10. The number of β-lactam (4-membered cyclic amide) rings is 1. The van der Waals surface area contributed by atoms with Crippen LogP contribution in [0.1, 0.15) is 12.5 Å². The van der Waals surface area contributed by atoms with Gasteiger partial charge in [0.1, 0.15) is 42.6 Å². The molecular formula is C19H18N2O9S. The Hall–Kier alpha value is -2.96. The molecule has 164 valence electrons. The van der Waals surface area contributed by atoms with Crippen LogP contribution >= 0.6 is 11.8 Å². The summed E-state index contributed by atoms with van der Waals surface area (Å²) in [5.74, 6) is -2.26. The number of ether oxygens (including phenoxy) is 4. The van der Waals surface area contributed by atoms with Gasteiger partial charge < -0.3 is 18.9 Å². The van der Waals surface area contributed by atoms with E-state index in [-0.39, 0.29) is 37.3 Å². The molecule has 3 aliphatic heterocycles. The molecule has 2 unspecified atom stereocenters. The first-order chi connectivity index (χ1) is 14.9. The maximum absolute atomic E-state index is 12.8. The molecule has 11 nitrogen and oxygen atoms in total. The molecule has 0 radical (unpaired) electrons. The minimum atomic E-state index is -0.815. The fourth-order valence-electron chi connectivity index (χ4n) is 3.57. The molecule has 0 N–H and O–H groups in total. The lowest BCUT2D eigenvalue weighted by Crippen LogP contribution is -2.64. The lowest BCUT2D eigenvalue weighted by atomic mass is 9.88. The maximum atomic E-state index is 12.8. The molecule has 1 aromatic rings. The zero-order chi connectivity index (χ0) is 22.1. The lowest BCUT2D eigenvalue weighted by molar-refractivity contribution is -0.384. The van der Waals surface area contributed by atoms with Crippen molar-refractivity contribution in [3.8, 4) is 0 Å². The van der Waals surface area contributed by atoms with E-state index in [2.05, 4.69) is 0 Å². The number of nitrogens with zero attached hydrogens (tertiary/aromatic N) is 2. The van der Waals surface area contributed by atoms with Crippen molar-refractivity contribution in [2.45, 2.75) is 31.1 Å². The highest BCUT2D eigenvalue weighted by molar-refractivity contribution is 8.03. The van der Waals surface area contributed by atoms with Crippen LogP contribution in [0.15, 0.2) is 35.4 Å². The van der Waals surface area contributed by atoms with Crippen molar-refractivity contribution in [2.24, 2.45) is 5.92 Å². The van der Waals surface area contributed by atoms with Crippen molar-refractivity contribution in [2.75, 3.05) is 13.4 Å². The minimum absolute atomic E-state index is 0.0589. The molecule has 0 aromatic heterocycles. The summed E-state index contributed by atoms with van der Waals surface area (Å²) in [5, 5.41) is 11.8. The topological polar surface area (TPSA) is 135 Å². The normalized spacial score (nSPS) is 25.3. The van der Waals surface area contributed by atoms with E-state index in [9.17, 15) is 24.5 Å². The Morgan fingerprint density at radius 2 is 2.10 bits per heavy atom. The molecule has 3 aliphatic rings. The number of esters is 2. The van der Waals surface area contributed by atoms with Crippen LogP contribution in [0.2, 0.25) is 0 Å². The van der Waals surface area contributed by atoms with Gasteiger partial charge in [-0.1, -0.05) is 0 Å². The zero-order valence-electron chi connectivity index (χ0n) is 16.3. The van der Waals surface area contributed by atoms with Gasteiger partial charge in [-0.25, -0.2) is 4.79 Å². The predicted octanol–water partition coefficient (Wildman–Crippen LogP) is 1.32. The highest BCUT2D eigenvalue weighted by Gasteiger charge is 2.59. The number of thioether (sulfide) groups is 1. The van der Waals surface area contributed by atoms with Crippen molar-refractivity contribution in [1.82, 2.24) is 4.90 Å². The molecule has 1 aromatic carbocycles. The number of rotatable bonds is 7. The Kier molecular flexibility index (Phi) is 5.94. The maximum Gasteiger partial charge on any atom is 0.355 e. The number of fused-ring (bicyclic) bond motifs is 1. The van der Waals surface area contributed by atoms with E-state index in [0.29, 0.717) is 5.56 Å². The number of nitro benzene ring substituents is 1. The molecule has 2 fully saturated rings. The number of nitro groups is 1. The second-order valence-corrected chi connectivity index (χ2v) is 8.02. The third-order valence-corrected chi connectivity index (χ3v) is 6.20. The van der Waals surface area contributed by atoms with Gasteiger partial charge in [0.05, 0.1) is 11.5 Å². The summed E-state index contributed by atoms with van der Waals surface area (Å²) >= 11 is 1.26. The standard InChI is InChI=1S/C19H18N2O9S/c1-10(22)30-16(14-7-27-9-29-14)15-17(23)20-13(8-31-18(15)20)19(24)28-6-11-2-4-12(5-3-11)21(25)26/h2-5,8,14-16,18H,6-7,9H2,1H3/t14?,15-,16?,18+/m0/s1. The van der Waals surface area contributed by atoms with E-state index in [4.69, 9.17) is 18.9 Å². The monoisotopic (exact) mass is 450 g/mol. The molecule has 3 heterocycles. The van der Waals surface area contributed by atoms with Crippen molar-refractivity contribution in [1.29, 1.82) is 0 Å². The second-order valence-electron chi connectivity index (χ2n) is 7.03. The van der Waals surface area contributed by atoms with Crippen LogP contribution in [0.4, 0.5) is 5.69 Å². The molecule has 4 atom stereocenters. The predicted molar refractivity (Wildman–Crippen MR) is 104 cm³/mol. The van der Waals surface area contributed by atoms with Gasteiger partial charge in [-0.15, -0.1) is 11.8 Å². The molecule has 4 rings (SSSR count). The molecular weight excluding hydrogens is 432 g/mol. The van der Waals surface area contributed by atoms with Crippen LogP contribution in [0.5, 0.6) is 0 Å². The van der Waals surface area contributed by atoms with Crippen LogP contribution in [0.3, 0.4) is 0 Å². The molecule has 2 saturated heterocycles. The van der Waals surface area contributed by atoms with E-state index in [0.717, 1.165) is 0 Å². The van der Waals surface area contributed by atoms with Crippen molar-refractivity contribution < 1.29 is 38.3 Å². The highest BCUT2D eigenvalue weighted by atomic mass is 32.2. The molecule has 12 heteroatoms. The van der Waals surface area contributed by atoms with Gasteiger partial charge in [0.25, 0.3) is 5.69 Å². The summed E-state index contributed by atoms with van der Waals surface area (Å²) in [6, 6.07) is 5.61. The fourth-order valence-corrected chi connectivity index (χ4v) is 4.83. The Labute approximate surface area is 180 Å². The van der Waals surface area contributed by atoms with Gasteiger partial charge >= 0.3 is 11.9 Å². The second kappa shape index (κ2) is 8.65. The highest BCUT2D eigenvalue weighted by Crippen LogP contribution is 2.48. The molecule has 31 heavy (non-hydrogen) atoms. The largest absolute Gasteiger partial charge is 0.459 e. The Balaban J connectivity index is 1.38. The zero-order valence-corrected chi connectivity index (χ0v) is 17.1. The summed E-state index contributed by atoms with van der Waals surface area (Å²) in [7, 11) is 0. The molecule has 0 aliphatic carbocycles. The third kappa shape index (κ3) is 4.13. The van der Waals surface area contributed by atoms with Crippen LogP contribution in [0, 0.1) is 16.0 Å². The average Bonchev–Trinajstić information content (AvgIpc) is 3.39. The number of non-ortho nitro benzene ring substituents is 1. The Morgan fingerprint density at radius 3 is 2.71 bits per heavy atom. The molecule has 0 saturated carbocycles. The van der Waals surface area contributed by atoms with Crippen molar-refractivity contribution in [3.05, 3.63) is 51.0 Å². The number of carbonyl (C=O) groups is 3. The van der Waals surface area contributed by atoms with Gasteiger partial charge in [0.2, 0.25) is 5.91 Å². The number of hydrogen-bond donors (Lipinski definition) is 0. The number of amides is 1. The Bertz CT molecular complexity index is 942. The van der Waals surface area contributed by atoms with E-state index in [1.807, 2.05) is 0 Å². The van der Waals surface area contributed by atoms with Gasteiger partial charge in [-0.3, -0.25) is 24.6 Å². The van der Waals surface area contributed by atoms with E-state index < -0.39 is 40.4 Å². The minimum Gasteiger partial charge on any atom is -0.459 e. The smallest absolute Gasteiger partial charge is 0.355 e. The summed E-state index contributed by atoms with van der Waals surface area (Å²) in [6.07, 6.45) is -1.37. The van der Waals surface area contributed by atoms with Gasteiger partial charge in [0, 0.05) is 24.5 Å². The van der Waals surface area contributed by atoms with E-state index in [1.54, 1.807) is 0 Å². The summed E-state index contributed by atoms with van der Waals surface area (Å²) in [5.41, 5.74) is 0.607. The quantitative estimate of drug-likeness (QED) is 0.259.